The average molecular weight is 283 g/mol. The topological polar surface area (TPSA) is 29.5 Å². The summed E-state index contributed by atoms with van der Waals surface area (Å²) in [5.74, 6) is 1.66. The van der Waals surface area contributed by atoms with E-state index in [9.17, 15) is 5.11 Å². The zero-order valence-electron chi connectivity index (χ0n) is 11.7. The minimum Gasteiger partial charge on any atom is -0.496 e. The lowest BCUT2D eigenvalue weighted by Gasteiger charge is -2.35. The van der Waals surface area contributed by atoms with Crippen molar-refractivity contribution < 1.29 is 9.84 Å². The zero-order valence-corrected chi connectivity index (χ0v) is 12.5. The lowest BCUT2D eigenvalue weighted by molar-refractivity contribution is 0.0435. The quantitative estimate of drug-likeness (QED) is 0.875. The molecule has 1 fully saturated rings. The first-order valence-corrected chi connectivity index (χ1v) is 7.56. The fraction of sp³-hybridized carbons (Fsp3) is 0.625. The van der Waals surface area contributed by atoms with E-state index in [-0.39, 0.29) is 0 Å². The van der Waals surface area contributed by atoms with Crippen molar-refractivity contribution in [1.82, 2.24) is 0 Å². The van der Waals surface area contributed by atoms with Gasteiger partial charge in [0.2, 0.25) is 0 Å². The minimum absolute atomic E-state index is 0.325. The van der Waals surface area contributed by atoms with E-state index in [0.29, 0.717) is 16.9 Å². The van der Waals surface area contributed by atoms with E-state index in [0.717, 1.165) is 24.2 Å². The third-order valence-corrected chi connectivity index (χ3v) is 4.64. The van der Waals surface area contributed by atoms with Crippen molar-refractivity contribution in [2.75, 3.05) is 7.11 Å². The molecule has 3 heteroatoms. The number of methoxy groups -OCH3 is 1. The summed E-state index contributed by atoms with van der Waals surface area (Å²) in [6.45, 7) is 2.21. The second-order valence-electron chi connectivity index (χ2n) is 5.45. The van der Waals surface area contributed by atoms with E-state index in [1.165, 1.54) is 19.3 Å². The molecule has 0 heterocycles. The second-order valence-corrected chi connectivity index (χ2v) is 5.88. The van der Waals surface area contributed by atoms with Gasteiger partial charge >= 0.3 is 0 Å². The van der Waals surface area contributed by atoms with Crippen LogP contribution >= 0.6 is 11.6 Å². The molecule has 106 valence electrons. The summed E-state index contributed by atoms with van der Waals surface area (Å²) in [4.78, 5) is 0. The predicted octanol–water partition coefficient (Wildman–Crippen LogP) is 4.60. The number of benzene rings is 1. The van der Waals surface area contributed by atoms with Crippen molar-refractivity contribution in [2.45, 2.75) is 45.1 Å². The van der Waals surface area contributed by atoms with Gasteiger partial charge in [0.1, 0.15) is 5.75 Å². The van der Waals surface area contributed by atoms with Crippen LogP contribution in [-0.2, 0) is 0 Å². The van der Waals surface area contributed by atoms with Gasteiger partial charge in [-0.2, -0.15) is 0 Å². The van der Waals surface area contributed by atoms with Gasteiger partial charge in [-0.05, 0) is 36.5 Å². The molecule has 19 heavy (non-hydrogen) atoms. The molecule has 3 atom stereocenters. The van der Waals surface area contributed by atoms with Gasteiger partial charge in [-0.25, -0.2) is 0 Å². The summed E-state index contributed by atoms with van der Waals surface area (Å²) in [5.41, 5.74) is 0.834. The van der Waals surface area contributed by atoms with Crippen molar-refractivity contribution in [1.29, 1.82) is 0 Å². The van der Waals surface area contributed by atoms with Crippen LogP contribution in [0.15, 0.2) is 18.2 Å². The number of aliphatic hydroxyl groups excluding tert-OH is 1. The van der Waals surface area contributed by atoms with Crippen molar-refractivity contribution in [3.63, 3.8) is 0 Å². The Hall–Kier alpha value is -0.730. The normalized spacial score (nSPS) is 25.1. The first-order valence-electron chi connectivity index (χ1n) is 7.18. The van der Waals surface area contributed by atoms with E-state index in [1.807, 2.05) is 12.1 Å². The van der Waals surface area contributed by atoms with Gasteiger partial charge in [0.15, 0.2) is 0 Å². The lowest BCUT2D eigenvalue weighted by Crippen LogP contribution is -2.25. The van der Waals surface area contributed by atoms with Crippen LogP contribution in [0.25, 0.3) is 0 Å². The fourth-order valence-electron chi connectivity index (χ4n) is 3.33. The van der Waals surface area contributed by atoms with Gasteiger partial charge in [0.05, 0.1) is 13.2 Å². The van der Waals surface area contributed by atoms with Crippen LogP contribution in [0.4, 0.5) is 0 Å². The molecule has 0 spiro atoms. The Morgan fingerprint density at radius 2 is 2.11 bits per heavy atom. The molecule has 0 aliphatic heterocycles. The highest BCUT2D eigenvalue weighted by Crippen LogP contribution is 2.42. The average Bonchev–Trinajstić information content (AvgIpc) is 2.46. The van der Waals surface area contributed by atoms with E-state index < -0.39 is 6.10 Å². The maximum absolute atomic E-state index is 10.7. The number of hydrogen-bond donors (Lipinski definition) is 1. The van der Waals surface area contributed by atoms with Gasteiger partial charge in [0.25, 0.3) is 0 Å². The molecular formula is C16H23ClO2. The van der Waals surface area contributed by atoms with E-state index >= 15 is 0 Å². The maximum atomic E-state index is 10.7. The Morgan fingerprint density at radius 1 is 1.37 bits per heavy atom. The van der Waals surface area contributed by atoms with Crippen LogP contribution in [0.5, 0.6) is 5.75 Å². The Kier molecular flexibility index (Phi) is 5.12. The zero-order chi connectivity index (χ0) is 13.8. The van der Waals surface area contributed by atoms with Crippen LogP contribution in [0, 0.1) is 11.8 Å². The highest BCUT2D eigenvalue weighted by Gasteiger charge is 2.32. The number of halogens is 1. The Bertz CT molecular complexity index is 419. The van der Waals surface area contributed by atoms with Gasteiger partial charge in [0, 0.05) is 10.6 Å². The van der Waals surface area contributed by atoms with Gasteiger partial charge in [-0.15, -0.1) is 0 Å². The fourth-order valence-corrected chi connectivity index (χ4v) is 3.51. The lowest BCUT2D eigenvalue weighted by atomic mass is 9.73. The predicted molar refractivity (Wildman–Crippen MR) is 78.7 cm³/mol. The number of hydrogen-bond acceptors (Lipinski definition) is 2. The number of ether oxygens (including phenoxy) is 1. The van der Waals surface area contributed by atoms with E-state index in [1.54, 1.807) is 13.2 Å². The first-order chi connectivity index (χ1) is 9.17. The molecule has 3 unspecified atom stereocenters. The summed E-state index contributed by atoms with van der Waals surface area (Å²) in [6, 6.07) is 5.48. The molecule has 0 aromatic heterocycles. The second kappa shape index (κ2) is 6.62. The summed E-state index contributed by atoms with van der Waals surface area (Å²) in [7, 11) is 1.64. The molecule has 0 radical (unpaired) electrons. The molecule has 2 rings (SSSR count). The summed E-state index contributed by atoms with van der Waals surface area (Å²) in [5, 5.41) is 11.4. The third kappa shape index (κ3) is 3.24. The maximum Gasteiger partial charge on any atom is 0.124 e. The molecule has 2 nitrogen and oxygen atoms in total. The molecule has 0 bridgehead atoms. The Labute approximate surface area is 120 Å². The first kappa shape index (κ1) is 14.7. The highest BCUT2D eigenvalue weighted by atomic mass is 35.5. The van der Waals surface area contributed by atoms with Gasteiger partial charge in [-0.3, -0.25) is 0 Å². The molecule has 1 aliphatic carbocycles. The van der Waals surface area contributed by atoms with Gasteiger partial charge in [-0.1, -0.05) is 44.2 Å². The summed E-state index contributed by atoms with van der Waals surface area (Å²) in [6.07, 6.45) is 5.47. The van der Waals surface area contributed by atoms with Crippen molar-refractivity contribution >= 4 is 11.6 Å². The molecule has 1 saturated carbocycles. The molecule has 1 N–H and O–H groups in total. The highest BCUT2D eigenvalue weighted by molar-refractivity contribution is 6.30. The monoisotopic (exact) mass is 282 g/mol. The van der Waals surface area contributed by atoms with Crippen LogP contribution in [0.2, 0.25) is 5.02 Å². The molecule has 1 aliphatic rings. The van der Waals surface area contributed by atoms with Crippen molar-refractivity contribution in [3.8, 4) is 5.75 Å². The Balaban J connectivity index is 2.26. The molecule has 1 aromatic carbocycles. The summed E-state index contributed by atoms with van der Waals surface area (Å²) >= 11 is 6.06. The largest absolute Gasteiger partial charge is 0.496 e. The molecule has 0 saturated heterocycles. The van der Waals surface area contributed by atoms with E-state index in [4.69, 9.17) is 16.3 Å². The summed E-state index contributed by atoms with van der Waals surface area (Å²) < 4.78 is 5.36. The van der Waals surface area contributed by atoms with Crippen LogP contribution in [-0.4, -0.2) is 12.2 Å². The van der Waals surface area contributed by atoms with Crippen molar-refractivity contribution in [3.05, 3.63) is 28.8 Å². The van der Waals surface area contributed by atoms with Gasteiger partial charge < -0.3 is 9.84 Å². The van der Waals surface area contributed by atoms with Crippen LogP contribution < -0.4 is 4.74 Å². The van der Waals surface area contributed by atoms with Crippen LogP contribution in [0.3, 0.4) is 0 Å². The standard InChI is InChI=1S/C16H23ClO2/c1-3-11-6-4-5-7-13(11)16(18)14-10-12(17)8-9-15(14)19-2/h8-11,13,16,18H,3-7H2,1-2H3. The SMILES string of the molecule is CCC1CCCCC1C(O)c1cc(Cl)ccc1OC. The molecular weight excluding hydrogens is 260 g/mol. The number of aliphatic hydroxyl groups is 1. The van der Waals surface area contributed by atoms with Crippen molar-refractivity contribution in [2.24, 2.45) is 11.8 Å². The number of rotatable bonds is 4. The smallest absolute Gasteiger partial charge is 0.124 e. The third-order valence-electron chi connectivity index (χ3n) is 4.41. The molecule has 0 amide bonds. The van der Waals surface area contributed by atoms with Crippen LogP contribution in [0.1, 0.15) is 50.7 Å². The Morgan fingerprint density at radius 3 is 2.79 bits per heavy atom. The molecule has 1 aromatic rings. The van der Waals surface area contributed by atoms with E-state index in [2.05, 4.69) is 6.92 Å². The minimum atomic E-state index is -0.473.